The summed E-state index contributed by atoms with van der Waals surface area (Å²) in [5.41, 5.74) is 23.5. The first-order chi connectivity index (χ1) is 57.8. The van der Waals surface area contributed by atoms with Crippen LogP contribution in [-0.4, -0.2) is 118 Å². The molecule has 122 heavy (non-hydrogen) atoms. The number of carbonyl (C=O) groups excluding carboxylic acids is 8. The van der Waals surface area contributed by atoms with Gasteiger partial charge in [-0.3, -0.25) is 78.8 Å². The van der Waals surface area contributed by atoms with Crippen LogP contribution in [0.3, 0.4) is 0 Å². The molecule has 0 spiro atoms. The van der Waals surface area contributed by atoms with E-state index < -0.39 is 67.0 Å². The number of ether oxygens (including phenoxy) is 8. The highest BCUT2D eigenvalue weighted by atomic mass is 16.6. The zero-order valence-corrected chi connectivity index (χ0v) is 70.1. The van der Waals surface area contributed by atoms with Gasteiger partial charge in [0.25, 0.3) is 23.6 Å². The summed E-state index contributed by atoms with van der Waals surface area (Å²) in [6, 6.07) is 33.5. The molecule has 652 valence electrons. The van der Waals surface area contributed by atoms with Crippen LogP contribution >= 0.6 is 0 Å². The summed E-state index contributed by atoms with van der Waals surface area (Å²) >= 11 is 0. The van der Waals surface area contributed by atoms with Crippen LogP contribution in [0.2, 0.25) is 0 Å². The standard InChI is InChI=1S/2C22H27N3O6.2C21H25N3O6/c1-4-5-6-11-30-20-13-16(8-10-18(20)25(28)29)22(27)24-17-9-7-15(21(23)26)12-19(17)31-14(2)3;1-4-6-11-30-19-12-15(21(23)26)7-9-17(19)24-22(27)16-8-10-18(25(28)29)20(13-16)31-14(3)5-2;1-12(2)11-29-19-10-15(6-8-17(19)24(27)28)21(26)23-16-7-5-14(20(22)25)9-18(16)30-13(3)4;1-4-5-10-29-18-11-14(20(22)25)6-8-16(18)23-21(26)15-7-9-17(24(27)28)19(12-15)30-13(2)3/h2*7-10,12-14H,4-6,11H2,1-3H3,(H2,23,26)(H,24,27);5-10,12-13H,11H2,1-4H3,(H2,22,25)(H,23,26);6-9,11-13H,4-5,10H2,1-3H3,(H2,22,25)(H,23,26). The Labute approximate surface area is 704 Å². The number of rotatable bonds is 41. The number of nitrogens with one attached hydrogen (secondary N) is 4. The highest BCUT2D eigenvalue weighted by molar-refractivity contribution is 6.09. The van der Waals surface area contributed by atoms with Gasteiger partial charge in [0.15, 0.2) is 23.0 Å². The maximum Gasteiger partial charge on any atom is 0.310 e. The fourth-order valence-electron chi connectivity index (χ4n) is 10.5. The average Bonchev–Trinajstić information content (AvgIpc) is 0.828. The maximum absolute atomic E-state index is 12.8. The van der Waals surface area contributed by atoms with Crippen molar-refractivity contribution >= 4 is 92.8 Å². The number of nitro groups is 4. The maximum atomic E-state index is 12.8. The zero-order chi connectivity index (χ0) is 90.6. The van der Waals surface area contributed by atoms with E-state index in [1.54, 1.807) is 48.5 Å². The minimum atomic E-state index is -0.621. The van der Waals surface area contributed by atoms with E-state index >= 15 is 0 Å². The molecule has 1 atom stereocenters. The number of primary amides is 4. The van der Waals surface area contributed by atoms with Gasteiger partial charge in [-0.1, -0.05) is 67.2 Å². The molecule has 36 nitrogen and oxygen atoms in total. The summed E-state index contributed by atoms with van der Waals surface area (Å²) in [6.07, 6.45) is 5.79. The van der Waals surface area contributed by atoms with Crippen LogP contribution in [0.4, 0.5) is 45.5 Å². The van der Waals surface area contributed by atoms with Gasteiger partial charge in [-0.15, -0.1) is 0 Å². The number of amides is 8. The lowest BCUT2D eigenvalue weighted by Crippen LogP contribution is -2.17. The normalized spacial score (nSPS) is 10.8. The average molecular weight is 1690 g/mol. The molecule has 0 saturated carbocycles. The van der Waals surface area contributed by atoms with Crippen LogP contribution in [0.15, 0.2) is 146 Å². The number of nitrogens with two attached hydrogens (primary N) is 4. The largest absolute Gasteiger partial charge is 0.491 e. The van der Waals surface area contributed by atoms with Crippen molar-refractivity contribution in [2.45, 2.75) is 166 Å². The lowest BCUT2D eigenvalue weighted by Gasteiger charge is -2.16. The Balaban J connectivity index is 0.000000289. The first-order valence-corrected chi connectivity index (χ1v) is 39.1. The topological polar surface area (TPSA) is 535 Å². The number of nitro benzene ring substituents is 4. The molecule has 0 fully saturated rings. The minimum Gasteiger partial charge on any atom is -0.491 e. The van der Waals surface area contributed by atoms with E-state index in [1.807, 2.05) is 41.5 Å². The van der Waals surface area contributed by atoms with E-state index in [0.717, 1.165) is 44.9 Å². The lowest BCUT2D eigenvalue weighted by molar-refractivity contribution is -0.386. The van der Waals surface area contributed by atoms with E-state index in [-0.39, 0.29) is 139 Å². The molecule has 8 amide bonds. The molecular weight excluding hydrogens is 1590 g/mol. The third kappa shape index (κ3) is 31.1. The van der Waals surface area contributed by atoms with Gasteiger partial charge in [-0.25, -0.2) is 0 Å². The van der Waals surface area contributed by atoms with Crippen molar-refractivity contribution in [3.8, 4) is 46.0 Å². The summed E-state index contributed by atoms with van der Waals surface area (Å²) in [5.74, 6) is -3.05. The second-order valence-electron chi connectivity index (χ2n) is 28.4. The van der Waals surface area contributed by atoms with Crippen molar-refractivity contribution in [3.05, 3.63) is 231 Å². The number of hydrogen-bond acceptors (Lipinski definition) is 24. The van der Waals surface area contributed by atoms with Crippen LogP contribution in [0.1, 0.15) is 224 Å². The molecule has 12 N–H and O–H groups in total. The SMILES string of the molecule is CC(C)COc1cc(C(=O)Nc2ccc(C(N)=O)cc2OC(C)C)ccc1[N+](=O)[O-].CCCCCOc1cc(C(=O)Nc2ccc(C(N)=O)cc2OC(C)C)ccc1[N+](=O)[O-].CCCCOc1cc(C(N)=O)ccc1NC(=O)c1ccc([N+](=O)[O-])c(OC(C)C)c1.CCCCOc1cc(C(N)=O)ccc1NC(=O)c1ccc([N+](=O)[O-])c(OC(C)CC)c1. The summed E-state index contributed by atoms with van der Waals surface area (Å²) in [4.78, 5) is 140. The Morgan fingerprint density at radius 2 is 0.557 bits per heavy atom. The van der Waals surface area contributed by atoms with Gasteiger partial charge in [0, 0.05) is 93.0 Å². The first-order valence-electron chi connectivity index (χ1n) is 39.1. The predicted molar refractivity (Wildman–Crippen MR) is 458 cm³/mol. The molecule has 0 heterocycles. The summed E-state index contributed by atoms with van der Waals surface area (Å²) < 4.78 is 45.0. The van der Waals surface area contributed by atoms with Crippen molar-refractivity contribution in [1.82, 2.24) is 0 Å². The van der Waals surface area contributed by atoms with E-state index in [1.165, 1.54) is 146 Å². The first kappa shape index (κ1) is 98.1. The fraction of sp³-hybridized carbons (Fsp3) is 0.349. The smallest absolute Gasteiger partial charge is 0.310 e. The van der Waals surface area contributed by atoms with Gasteiger partial charge in [-0.2, -0.15) is 0 Å². The molecule has 0 aliphatic carbocycles. The van der Waals surface area contributed by atoms with Crippen LogP contribution in [-0.2, 0) is 0 Å². The zero-order valence-electron chi connectivity index (χ0n) is 70.1. The Morgan fingerprint density at radius 1 is 0.311 bits per heavy atom. The van der Waals surface area contributed by atoms with Crippen molar-refractivity contribution in [2.24, 2.45) is 28.9 Å². The molecule has 8 aromatic rings. The number of carbonyl (C=O) groups is 8. The molecule has 36 heteroatoms. The molecule has 0 aliphatic rings. The molecule has 0 radical (unpaired) electrons. The Morgan fingerprint density at radius 3 is 0.844 bits per heavy atom. The molecule has 0 bridgehead atoms. The lowest BCUT2D eigenvalue weighted by atomic mass is 10.1. The van der Waals surface area contributed by atoms with Crippen molar-refractivity contribution < 1.29 is 95.9 Å². The summed E-state index contributed by atoms with van der Waals surface area (Å²) in [6.45, 7) is 25.7. The van der Waals surface area contributed by atoms with E-state index in [9.17, 15) is 78.8 Å². The predicted octanol–water partition coefficient (Wildman–Crippen LogP) is 16.3. The highest BCUT2D eigenvalue weighted by Crippen LogP contribution is 2.37. The molecular formula is C86H104N12O24. The third-order valence-corrected chi connectivity index (χ3v) is 16.8. The van der Waals surface area contributed by atoms with Gasteiger partial charge >= 0.3 is 22.7 Å². The quantitative estimate of drug-likeness (QED) is 0.0100. The fourth-order valence-corrected chi connectivity index (χ4v) is 10.5. The van der Waals surface area contributed by atoms with E-state index in [2.05, 4.69) is 21.3 Å². The highest BCUT2D eigenvalue weighted by Gasteiger charge is 2.27. The Kier molecular flexibility index (Phi) is 38.9. The molecule has 8 rings (SSSR count). The number of benzene rings is 8. The van der Waals surface area contributed by atoms with Gasteiger partial charge in [0.2, 0.25) is 23.6 Å². The third-order valence-electron chi connectivity index (χ3n) is 16.8. The number of nitrogens with zero attached hydrogens (tertiary/aromatic N) is 4. The minimum absolute atomic E-state index is 0.00569. The number of hydrogen-bond donors (Lipinski definition) is 8. The summed E-state index contributed by atoms with van der Waals surface area (Å²) in [7, 11) is 0. The van der Waals surface area contributed by atoms with Crippen LogP contribution in [0, 0.1) is 46.4 Å². The molecule has 1 unspecified atom stereocenters. The molecule has 0 aliphatic heterocycles. The molecule has 0 saturated heterocycles. The Hall–Kier alpha value is -14.5. The number of unbranched alkanes of at least 4 members (excludes halogenated alkanes) is 4. The van der Waals surface area contributed by atoms with E-state index in [4.69, 9.17) is 60.8 Å². The molecule has 0 aromatic heterocycles. The summed E-state index contributed by atoms with van der Waals surface area (Å²) in [5, 5.41) is 55.9. The van der Waals surface area contributed by atoms with Gasteiger partial charge in [0.05, 0.1) is 93.3 Å². The van der Waals surface area contributed by atoms with Crippen molar-refractivity contribution in [1.29, 1.82) is 0 Å². The van der Waals surface area contributed by atoms with Crippen molar-refractivity contribution in [3.63, 3.8) is 0 Å². The van der Waals surface area contributed by atoms with Gasteiger partial charge in [-0.05, 0) is 177 Å². The second kappa shape index (κ2) is 48.4. The molecule has 8 aromatic carbocycles. The number of anilines is 4. The Bertz CT molecular complexity index is 5050. The van der Waals surface area contributed by atoms with Gasteiger partial charge in [0.1, 0.15) is 23.0 Å². The van der Waals surface area contributed by atoms with Crippen LogP contribution < -0.4 is 82.1 Å². The second-order valence-corrected chi connectivity index (χ2v) is 28.4. The van der Waals surface area contributed by atoms with Crippen LogP contribution in [0.25, 0.3) is 0 Å². The van der Waals surface area contributed by atoms with Gasteiger partial charge < -0.3 is 82.1 Å². The van der Waals surface area contributed by atoms with Crippen molar-refractivity contribution in [2.75, 3.05) is 47.7 Å². The van der Waals surface area contributed by atoms with E-state index in [0.29, 0.717) is 60.5 Å². The van der Waals surface area contributed by atoms with Crippen LogP contribution in [0.5, 0.6) is 46.0 Å². The monoisotopic (exact) mass is 1690 g/mol.